The number of likely N-dealkylation sites (N-methyl/N-ethyl adjacent to an activating group) is 1. The van der Waals surface area contributed by atoms with Crippen LogP contribution in [0.3, 0.4) is 0 Å². The van der Waals surface area contributed by atoms with Gasteiger partial charge in [0.25, 0.3) is 0 Å². The molecule has 0 saturated carbocycles. The number of carbonyl (C=O) groups excluding carboxylic acids is 3. The molecule has 0 spiro atoms. The molecule has 0 radical (unpaired) electrons. The lowest BCUT2D eigenvalue weighted by atomic mass is 10.1. The second kappa shape index (κ2) is 13.9. The molecule has 3 saturated heterocycles. The largest absolute Gasteiger partial charge is 0.337 e. The van der Waals surface area contributed by atoms with Crippen molar-refractivity contribution in [2.45, 2.75) is 70.1 Å². The highest BCUT2D eigenvalue weighted by Crippen LogP contribution is 2.24. The Labute approximate surface area is 251 Å². The summed E-state index contributed by atoms with van der Waals surface area (Å²) in [7, 11) is -2.03. The van der Waals surface area contributed by atoms with Gasteiger partial charge in [0, 0.05) is 68.2 Å². The molecule has 3 atom stereocenters. The maximum absolute atomic E-state index is 13.4. The van der Waals surface area contributed by atoms with Crippen LogP contribution in [0.2, 0.25) is 4.34 Å². The van der Waals surface area contributed by atoms with Crippen LogP contribution >= 0.6 is 22.9 Å². The van der Waals surface area contributed by atoms with Crippen LogP contribution in [0.25, 0.3) is 6.08 Å². The van der Waals surface area contributed by atoms with Crippen LogP contribution in [0.15, 0.2) is 17.5 Å². The molecular formula is C27H41ClN6O5S2. The van der Waals surface area contributed by atoms with Gasteiger partial charge in [-0.1, -0.05) is 11.6 Å². The Bertz CT molecular complexity index is 1240. The normalized spacial score (nSPS) is 24.1. The third kappa shape index (κ3) is 8.66. The fourth-order valence-electron chi connectivity index (χ4n) is 5.73. The zero-order chi connectivity index (χ0) is 29.7. The Morgan fingerprint density at radius 1 is 1.17 bits per heavy atom. The van der Waals surface area contributed by atoms with Crippen molar-refractivity contribution >= 4 is 56.9 Å². The fourth-order valence-corrected chi connectivity index (χ4v) is 7.80. The third-order valence-electron chi connectivity index (χ3n) is 7.86. The van der Waals surface area contributed by atoms with Gasteiger partial charge in [-0.05, 0) is 64.2 Å². The van der Waals surface area contributed by atoms with Crippen LogP contribution in [-0.4, -0.2) is 116 Å². The zero-order valence-corrected chi connectivity index (χ0v) is 26.3. The first-order valence-corrected chi connectivity index (χ1v) is 17.0. The number of halogens is 1. The smallest absolute Gasteiger partial charge is 0.317 e. The highest BCUT2D eigenvalue weighted by atomic mass is 35.5. The van der Waals surface area contributed by atoms with Crippen LogP contribution < -0.4 is 10.0 Å². The van der Waals surface area contributed by atoms with E-state index in [0.717, 1.165) is 44.3 Å². The summed E-state index contributed by atoms with van der Waals surface area (Å²) >= 11 is 7.16. The van der Waals surface area contributed by atoms with Gasteiger partial charge >= 0.3 is 6.03 Å². The highest BCUT2D eigenvalue weighted by Gasteiger charge is 2.37. The number of amides is 4. The lowest BCUT2D eigenvalue weighted by Crippen LogP contribution is -2.55. The van der Waals surface area contributed by atoms with E-state index < -0.39 is 16.1 Å². The number of nitrogens with one attached hydrogen (secondary N) is 2. The van der Waals surface area contributed by atoms with Crippen LogP contribution in [0.1, 0.15) is 50.8 Å². The van der Waals surface area contributed by atoms with E-state index in [2.05, 4.69) is 14.9 Å². The second-order valence-electron chi connectivity index (χ2n) is 11.4. The number of rotatable bonds is 10. The second-order valence-corrected chi connectivity index (χ2v) is 14.7. The van der Waals surface area contributed by atoms with E-state index in [4.69, 9.17) is 11.6 Å². The number of sulfonamides is 1. The minimum atomic E-state index is -3.86. The molecule has 11 nitrogen and oxygen atoms in total. The molecule has 228 valence electrons. The molecule has 0 aromatic carbocycles. The topological polar surface area (TPSA) is 122 Å². The predicted molar refractivity (Wildman–Crippen MR) is 161 cm³/mol. The highest BCUT2D eigenvalue weighted by molar-refractivity contribution is 7.92. The molecule has 4 amide bonds. The molecule has 0 bridgehead atoms. The van der Waals surface area contributed by atoms with Gasteiger partial charge in [-0.15, -0.1) is 11.3 Å². The van der Waals surface area contributed by atoms with Crippen molar-refractivity contribution in [3.05, 3.63) is 26.8 Å². The molecule has 2 N–H and O–H groups in total. The summed E-state index contributed by atoms with van der Waals surface area (Å²) in [5.41, 5.74) is 0. The Morgan fingerprint density at radius 2 is 1.93 bits per heavy atom. The molecule has 1 aromatic heterocycles. The monoisotopic (exact) mass is 628 g/mol. The Balaban J connectivity index is 1.28. The Kier molecular flexibility index (Phi) is 10.7. The molecule has 4 rings (SSSR count). The molecule has 14 heteroatoms. The number of hydrogen-bond donors (Lipinski definition) is 2. The lowest BCUT2D eigenvalue weighted by Gasteiger charge is -2.34. The Hall–Kier alpha value is -2.19. The first-order chi connectivity index (χ1) is 19.4. The van der Waals surface area contributed by atoms with Crippen molar-refractivity contribution in [2.75, 3.05) is 46.3 Å². The number of likely N-dealkylation sites (tertiary alicyclic amines) is 3. The summed E-state index contributed by atoms with van der Waals surface area (Å²) in [6, 6.07) is 2.70. The zero-order valence-electron chi connectivity index (χ0n) is 23.9. The third-order valence-corrected chi connectivity index (χ3v) is 10.2. The van der Waals surface area contributed by atoms with Gasteiger partial charge in [0.2, 0.25) is 21.8 Å². The van der Waals surface area contributed by atoms with Crippen molar-refractivity contribution in [1.82, 2.24) is 29.6 Å². The summed E-state index contributed by atoms with van der Waals surface area (Å²) < 4.78 is 28.3. The summed E-state index contributed by atoms with van der Waals surface area (Å²) in [5.74, 6) is -0.482. The summed E-state index contributed by atoms with van der Waals surface area (Å²) in [6.45, 7) is 7.25. The summed E-state index contributed by atoms with van der Waals surface area (Å²) in [5, 5.41) is 3.98. The minimum absolute atomic E-state index is 0.0566. The first-order valence-electron chi connectivity index (χ1n) is 14.2. The molecule has 1 aromatic rings. The van der Waals surface area contributed by atoms with E-state index in [9.17, 15) is 22.8 Å². The van der Waals surface area contributed by atoms with E-state index in [0.29, 0.717) is 35.1 Å². The van der Waals surface area contributed by atoms with Gasteiger partial charge in [-0.2, -0.15) is 4.72 Å². The maximum Gasteiger partial charge on any atom is 0.317 e. The van der Waals surface area contributed by atoms with Crippen molar-refractivity contribution in [1.29, 1.82) is 0 Å². The van der Waals surface area contributed by atoms with Crippen molar-refractivity contribution in [3.8, 4) is 0 Å². The number of thiophene rings is 1. The molecule has 3 aliphatic rings. The number of piperidine rings is 1. The van der Waals surface area contributed by atoms with E-state index in [1.807, 2.05) is 25.8 Å². The maximum atomic E-state index is 13.4. The number of nitrogens with zero attached hydrogens (tertiary/aromatic N) is 4. The SMILES string of the molecule is CC(C)NC(=O)N(C)C1CCN(C[C@@H]2CCCN2C(=O)CN2CCC[C@H](NS(=O)(=O)C=Cc3ccc(Cl)s3)C2=O)C1. The molecular weight excluding hydrogens is 588 g/mol. The van der Waals surface area contributed by atoms with Gasteiger partial charge in [0.15, 0.2) is 0 Å². The van der Waals surface area contributed by atoms with E-state index in [-0.39, 0.29) is 42.5 Å². The minimum Gasteiger partial charge on any atom is -0.337 e. The molecule has 3 fully saturated rings. The van der Waals surface area contributed by atoms with Gasteiger partial charge in [-0.25, -0.2) is 13.2 Å². The predicted octanol–water partition coefficient (Wildman–Crippen LogP) is 2.40. The number of carbonyl (C=O) groups is 3. The molecule has 4 heterocycles. The van der Waals surface area contributed by atoms with Gasteiger partial charge in [0.1, 0.15) is 6.04 Å². The molecule has 3 aliphatic heterocycles. The number of hydrogen-bond acceptors (Lipinski definition) is 7. The van der Waals surface area contributed by atoms with Crippen LogP contribution in [0.4, 0.5) is 4.79 Å². The molecule has 1 unspecified atom stereocenters. The van der Waals surface area contributed by atoms with Gasteiger partial charge in [0.05, 0.1) is 10.9 Å². The molecule has 41 heavy (non-hydrogen) atoms. The van der Waals surface area contributed by atoms with E-state index in [1.54, 1.807) is 17.0 Å². The van der Waals surface area contributed by atoms with E-state index >= 15 is 0 Å². The number of urea groups is 1. The average Bonchev–Trinajstić information content (AvgIpc) is 3.66. The van der Waals surface area contributed by atoms with Crippen LogP contribution in [0.5, 0.6) is 0 Å². The Morgan fingerprint density at radius 3 is 2.63 bits per heavy atom. The van der Waals surface area contributed by atoms with Gasteiger partial charge < -0.3 is 20.0 Å². The van der Waals surface area contributed by atoms with Gasteiger partial charge in [-0.3, -0.25) is 14.5 Å². The standard InChI is InChI=1S/C27H41ClN6O5S2/c1-19(2)29-27(37)31(3)20-10-14-32(16-20)17-21-6-4-13-34(21)25(35)18-33-12-5-7-23(26(33)36)30-41(38,39)15-11-22-8-9-24(28)40-22/h8-9,11,15,19-21,23,30H,4-7,10,12-14,16-18H2,1-3H3,(H,29,37)/t20?,21-,23-/m0/s1. The lowest BCUT2D eigenvalue weighted by molar-refractivity contribution is -0.143. The summed E-state index contributed by atoms with van der Waals surface area (Å²) in [4.78, 5) is 47.0. The first kappa shape index (κ1) is 31.7. The van der Waals surface area contributed by atoms with E-state index in [1.165, 1.54) is 22.3 Å². The van der Waals surface area contributed by atoms with Crippen molar-refractivity contribution < 1.29 is 22.8 Å². The fraction of sp³-hybridized carbons (Fsp3) is 0.667. The van der Waals surface area contributed by atoms with Crippen LogP contribution in [-0.2, 0) is 19.6 Å². The summed E-state index contributed by atoms with van der Waals surface area (Å²) in [6.07, 6.45) is 5.12. The quantitative estimate of drug-likeness (QED) is 0.410. The molecule has 0 aliphatic carbocycles. The average molecular weight is 629 g/mol. The van der Waals surface area contributed by atoms with Crippen LogP contribution in [0, 0.1) is 0 Å². The van der Waals surface area contributed by atoms with Crippen molar-refractivity contribution in [2.24, 2.45) is 0 Å². The van der Waals surface area contributed by atoms with Crippen molar-refractivity contribution in [3.63, 3.8) is 0 Å².